The molecular weight excluding hydrogens is 128 g/mol. The largest absolute Gasteiger partial charge is 0.366 e. The van der Waals surface area contributed by atoms with Crippen LogP contribution < -0.4 is 5.73 Å². The molecule has 0 saturated carbocycles. The molecule has 0 aromatic carbocycles. The average Bonchev–Trinajstić information content (AvgIpc) is 1.87. The van der Waals surface area contributed by atoms with Crippen LogP contribution in [0.5, 0.6) is 0 Å². The highest BCUT2D eigenvalue weighted by Gasteiger charge is 1.95. The summed E-state index contributed by atoms with van der Waals surface area (Å²) in [6, 6.07) is 0. The van der Waals surface area contributed by atoms with Crippen molar-refractivity contribution in [3.63, 3.8) is 0 Å². The van der Waals surface area contributed by atoms with E-state index < -0.39 is 5.91 Å². The quantitative estimate of drug-likeness (QED) is 0.335. The van der Waals surface area contributed by atoms with E-state index in [1.165, 1.54) is 6.08 Å². The van der Waals surface area contributed by atoms with E-state index >= 15 is 0 Å². The van der Waals surface area contributed by atoms with Gasteiger partial charge in [0, 0.05) is 11.8 Å². The van der Waals surface area contributed by atoms with Gasteiger partial charge in [0.1, 0.15) is 0 Å². The summed E-state index contributed by atoms with van der Waals surface area (Å²) in [7, 11) is 0. The summed E-state index contributed by atoms with van der Waals surface area (Å²) in [4.78, 5) is 10.5. The van der Waals surface area contributed by atoms with E-state index in [1.54, 1.807) is 19.1 Å². The van der Waals surface area contributed by atoms with E-state index in [2.05, 4.69) is 0 Å². The van der Waals surface area contributed by atoms with Crippen LogP contribution in [0.3, 0.4) is 0 Å². The second-order valence-electron chi connectivity index (χ2n) is 1.65. The van der Waals surface area contributed by atoms with Crippen molar-refractivity contribution in [1.82, 2.24) is 0 Å². The van der Waals surface area contributed by atoms with Gasteiger partial charge in [0.05, 0.1) is 0 Å². The van der Waals surface area contributed by atoms with E-state index in [9.17, 15) is 4.79 Å². The molecule has 0 unspecified atom stereocenters. The van der Waals surface area contributed by atoms with Crippen molar-refractivity contribution in [3.8, 4) is 0 Å². The van der Waals surface area contributed by atoms with Gasteiger partial charge in [0.2, 0.25) is 5.91 Å². The first-order valence-corrected chi connectivity index (χ1v) is 2.85. The normalized spacial score (nSPS) is 11.9. The Morgan fingerprint density at radius 1 is 1.60 bits per heavy atom. The average molecular weight is 138 g/mol. The lowest BCUT2D eigenvalue weighted by molar-refractivity contribution is -0.114. The van der Waals surface area contributed by atoms with E-state index in [0.29, 0.717) is 5.57 Å². The van der Waals surface area contributed by atoms with Crippen molar-refractivity contribution in [2.45, 2.75) is 6.92 Å². The molecule has 3 heteroatoms. The van der Waals surface area contributed by atoms with E-state index in [-0.39, 0.29) is 0 Å². The number of rotatable bonds is 3. The fourth-order valence-corrected chi connectivity index (χ4v) is 0.489. The lowest BCUT2D eigenvalue weighted by Gasteiger charge is -1.90. The van der Waals surface area contributed by atoms with Crippen LogP contribution in [0.2, 0.25) is 0 Å². The van der Waals surface area contributed by atoms with Crippen molar-refractivity contribution < 1.29 is 4.79 Å². The van der Waals surface area contributed by atoms with Crippen molar-refractivity contribution in [2.24, 2.45) is 5.73 Å². The maximum Gasteiger partial charge on any atom is 0.248 e. The molecule has 0 aromatic rings. The molecule has 0 heterocycles. The van der Waals surface area contributed by atoms with Crippen LogP contribution in [0, 0.1) is 5.41 Å². The maximum atomic E-state index is 10.5. The molecule has 0 rings (SSSR count). The summed E-state index contributed by atoms with van der Waals surface area (Å²) in [5.74, 6) is -0.512. The minimum atomic E-state index is -0.512. The molecule has 0 aliphatic carbocycles. The van der Waals surface area contributed by atoms with E-state index in [0.717, 1.165) is 6.21 Å². The number of carbonyl (C=O) groups excluding carboxylic acids is 1. The van der Waals surface area contributed by atoms with Crippen molar-refractivity contribution in [3.05, 3.63) is 23.8 Å². The molecule has 0 fully saturated rings. The number of primary amides is 1. The fraction of sp³-hybridized carbons (Fsp3) is 0.143. The maximum absolute atomic E-state index is 10.5. The second-order valence-corrected chi connectivity index (χ2v) is 1.65. The Balaban J connectivity index is 4.41. The first-order valence-electron chi connectivity index (χ1n) is 2.85. The standard InChI is InChI=1S/C7H10N2O/c1-2-3-6(4-5-8)7(9)10/h2-5,8H,1H3,(H2,9,10)/b3-2-,6-4+,8-5?. The van der Waals surface area contributed by atoms with Crippen LogP contribution in [0.1, 0.15) is 6.92 Å². The van der Waals surface area contributed by atoms with Crippen LogP contribution in [-0.4, -0.2) is 12.1 Å². The Bertz CT molecular complexity index is 192. The highest BCUT2D eigenvalue weighted by molar-refractivity contribution is 5.98. The Kier molecular flexibility index (Phi) is 3.87. The summed E-state index contributed by atoms with van der Waals surface area (Å²) < 4.78 is 0. The van der Waals surface area contributed by atoms with Crippen LogP contribution in [0.4, 0.5) is 0 Å². The zero-order chi connectivity index (χ0) is 7.98. The van der Waals surface area contributed by atoms with Gasteiger partial charge in [0.15, 0.2) is 0 Å². The molecule has 0 spiro atoms. The lowest BCUT2D eigenvalue weighted by atomic mass is 10.2. The van der Waals surface area contributed by atoms with Crippen molar-refractivity contribution >= 4 is 12.1 Å². The number of amides is 1. The molecule has 3 nitrogen and oxygen atoms in total. The smallest absolute Gasteiger partial charge is 0.248 e. The van der Waals surface area contributed by atoms with Gasteiger partial charge in [-0.15, -0.1) is 0 Å². The molecule has 1 amide bonds. The third kappa shape index (κ3) is 2.81. The molecule has 3 N–H and O–H groups in total. The van der Waals surface area contributed by atoms with E-state index in [4.69, 9.17) is 11.1 Å². The predicted octanol–water partition coefficient (Wildman–Crippen LogP) is 0.624. The minimum Gasteiger partial charge on any atom is -0.366 e. The third-order valence-electron chi connectivity index (χ3n) is 0.894. The summed E-state index contributed by atoms with van der Waals surface area (Å²) in [6.07, 6.45) is 5.63. The molecule has 0 atom stereocenters. The molecule has 0 saturated heterocycles. The zero-order valence-corrected chi connectivity index (χ0v) is 5.79. The highest BCUT2D eigenvalue weighted by atomic mass is 16.1. The predicted molar refractivity (Wildman–Crippen MR) is 40.9 cm³/mol. The number of hydrogen-bond donors (Lipinski definition) is 2. The van der Waals surface area contributed by atoms with E-state index in [1.807, 2.05) is 0 Å². The van der Waals surface area contributed by atoms with Gasteiger partial charge in [-0.1, -0.05) is 12.2 Å². The van der Waals surface area contributed by atoms with Crippen LogP contribution in [0.25, 0.3) is 0 Å². The summed E-state index contributed by atoms with van der Waals surface area (Å²) in [5, 5.41) is 6.66. The Labute approximate surface area is 59.7 Å². The van der Waals surface area contributed by atoms with Gasteiger partial charge in [-0.25, -0.2) is 0 Å². The first-order chi connectivity index (χ1) is 4.72. The Morgan fingerprint density at radius 2 is 2.20 bits per heavy atom. The fourth-order valence-electron chi connectivity index (χ4n) is 0.489. The van der Waals surface area contributed by atoms with Gasteiger partial charge < -0.3 is 11.1 Å². The van der Waals surface area contributed by atoms with Gasteiger partial charge in [-0.3, -0.25) is 4.79 Å². The van der Waals surface area contributed by atoms with Gasteiger partial charge in [0.25, 0.3) is 0 Å². The monoisotopic (exact) mass is 138 g/mol. The SMILES string of the molecule is C/C=C\C(=C/C=N)C(N)=O. The topological polar surface area (TPSA) is 66.9 Å². The molecule has 0 bridgehead atoms. The number of nitrogens with two attached hydrogens (primary N) is 1. The Morgan fingerprint density at radius 3 is 2.50 bits per heavy atom. The molecule has 10 heavy (non-hydrogen) atoms. The summed E-state index contributed by atoms with van der Waals surface area (Å²) >= 11 is 0. The molecule has 0 aliphatic rings. The number of allylic oxidation sites excluding steroid dienone is 2. The van der Waals surface area contributed by atoms with Gasteiger partial charge >= 0.3 is 0 Å². The van der Waals surface area contributed by atoms with Crippen molar-refractivity contribution in [1.29, 1.82) is 5.41 Å². The van der Waals surface area contributed by atoms with Crippen LogP contribution >= 0.6 is 0 Å². The zero-order valence-electron chi connectivity index (χ0n) is 5.79. The van der Waals surface area contributed by atoms with Crippen LogP contribution in [-0.2, 0) is 4.79 Å². The number of carbonyl (C=O) groups is 1. The minimum absolute atomic E-state index is 0.345. The number of hydrogen-bond acceptors (Lipinski definition) is 2. The molecule has 0 radical (unpaired) electrons. The lowest BCUT2D eigenvalue weighted by Crippen LogP contribution is -2.12. The molecule has 0 aliphatic heterocycles. The molecule has 54 valence electrons. The van der Waals surface area contributed by atoms with Gasteiger partial charge in [-0.05, 0) is 13.0 Å². The van der Waals surface area contributed by atoms with Crippen molar-refractivity contribution in [2.75, 3.05) is 0 Å². The van der Waals surface area contributed by atoms with Gasteiger partial charge in [-0.2, -0.15) is 0 Å². The second kappa shape index (κ2) is 4.49. The Hall–Kier alpha value is -1.38. The molecule has 0 aromatic heterocycles. The third-order valence-corrected chi connectivity index (χ3v) is 0.894. The summed E-state index contributed by atoms with van der Waals surface area (Å²) in [5.41, 5.74) is 5.29. The molecular formula is C7H10N2O. The number of nitrogens with one attached hydrogen (secondary N) is 1. The first kappa shape index (κ1) is 8.62. The van der Waals surface area contributed by atoms with Crippen LogP contribution in [0.15, 0.2) is 23.8 Å². The summed E-state index contributed by atoms with van der Waals surface area (Å²) in [6.45, 7) is 1.78. The highest BCUT2D eigenvalue weighted by Crippen LogP contribution is 1.92.